The lowest BCUT2D eigenvalue weighted by molar-refractivity contribution is -0.168. The Balaban J connectivity index is 1.88. The molecule has 3 aliphatic rings. The van der Waals surface area contributed by atoms with Crippen molar-refractivity contribution >= 4 is 5.97 Å². The minimum absolute atomic E-state index is 0.0386. The molecule has 1 saturated heterocycles. The minimum atomic E-state index is -0.368. The average molecular weight is 332 g/mol. The van der Waals surface area contributed by atoms with Gasteiger partial charge in [0.05, 0.1) is 18.6 Å². The number of hydrogen-bond acceptors (Lipinski definition) is 3. The highest BCUT2D eigenvalue weighted by atomic mass is 16.6. The average Bonchev–Trinajstić information content (AvgIpc) is 3.20. The maximum absolute atomic E-state index is 12.6. The highest BCUT2D eigenvalue weighted by Crippen LogP contribution is 2.63. The molecule has 2 saturated carbocycles. The molecule has 6 atom stereocenters. The first kappa shape index (κ1) is 17.7. The Morgan fingerprint density at radius 3 is 2.67 bits per heavy atom. The van der Waals surface area contributed by atoms with Gasteiger partial charge in [-0.25, -0.2) is 0 Å². The SMILES string of the molecule is C=C[C@@]1(C)O[C@@H]1C[C@H]1C(=C)CC[C@@H]2[C@]1(C)CCC[C@]2(C)C(=O)OC. The Bertz CT molecular complexity index is 567. The molecule has 0 aromatic carbocycles. The fourth-order valence-electron chi connectivity index (χ4n) is 5.81. The van der Waals surface area contributed by atoms with Crippen molar-refractivity contribution < 1.29 is 14.3 Å². The van der Waals surface area contributed by atoms with Gasteiger partial charge in [-0.05, 0) is 63.2 Å². The van der Waals surface area contributed by atoms with Crippen LogP contribution in [-0.2, 0) is 14.3 Å². The summed E-state index contributed by atoms with van der Waals surface area (Å²) in [4.78, 5) is 12.6. The summed E-state index contributed by atoms with van der Waals surface area (Å²) in [6, 6.07) is 0. The number of rotatable bonds is 4. The third-order valence-corrected chi connectivity index (χ3v) is 7.50. The molecule has 0 amide bonds. The lowest BCUT2D eigenvalue weighted by Gasteiger charge is -2.57. The van der Waals surface area contributed by atoms with Crippen LogP contribution >= 0.6 is 0 Å². The lowest BCUT2D eigenvalue weighted by Crippen LogP contribution is -2.53. The van der Waals surface area contributed by atoms with E-state index in [9.17, 15) is 4.79 Å². The van der Waals surface area contributed by atoms with Crippen LogP contribution in [0, 0.1) is 22.7 Å². The van der Waals surface area contributed by atoms with E-state index in [1.807, 2.05) is 6.08 Å². The van der Waals surface area contributed by atoms with E-state index < -0.39 is 0 Å². The van der Waals surface area contributed by atoms with E-state index in [1.165, 1.54) is 12.7 Å². The van der Waals surface area contributed by atoms with Gasteiger partial charge in [-0.2, -0.15) is 0 Å². The predicted molar refractivity (Wildman–Crippen MR) is 95.5 cm³/mol. The number of ether oxygens (including phenoxy) is 2. The Morgan fingerprint density at radius 1 is 1.38 bits per heavy atom. The van der Waals surface area contributed by atoms with Crippen molar-refractivity contribution in [3.05, 3.63) is 24.8 Å². The first-order chi connectivity index (χ1) is 11.2. The third kappa shape index (κ3) is 2.47. The van der Waals surface area contributed by atoms with Crippen LogP contribution in [0.15, 0.2) is 24.8 Å². The number of methoxy groups -OCH3 is 1. The van der Waals surface area contributed by atoms with Crippen LogP contribution in [0.4, 0.5) is 0 Å². The number of carbonyl (C=O) groups is 1. The van der Waals surface area contributed by atoms with Gasteiger partial charge in [0.15, 0.2) is 0 Å². The molecule has 0 unspecified atom stereocenters. The predicted octanol–water partition coefficient (Wildman–Crippen LogP) is 4.67. The zero-order valence-electron chi connectivity index (χ0n) is 15.7. The molecular formula is C21H32O3. The van der Waals surface area contributed by atoms with Gasteiger partial charge in [-0.1, -0.05) is 31.6 Å². The van der Waals surface area contributed by atoms with Gasteiger partial charge >= 0.3 is 5.97 Å². The highest BCUT2D eigenvalue weighted by Gasteiger charge is 2.60. The molecule has 0 bridgehead atoms. The maximum Gasteiger partial charge on any atom is 0.311 e. The second-order valence-corrected chi connectivity index (χ2v) is 8.80. The van der Waals surface area contributed by atoms with Crippen LogP contribution in [0.3, 0.4) is 0 Å². The molecule has 3 fully saturated rings. The topological polar surface area (TPSA) is 38.8 Å². The van der Waals surface area contributed by atoms with Gasteiger partial charge < -0.3 is 9.47 Å². The van der Waals surface area contributed by atoms with Gasteiger partial charge in [0.25, 0.3) is 0 Å². The van der Waals surface area contributed by atoms with Gasteiger partial charge in [-0.15, -0.1) is 6.58 Å². The molecular weight excluding hydrogens is 300 g/mol. The van der Waals surface area contributed by atoms with E-state index in [0.29, 0.717) is 11.8 Å². The third-order valence-electron chi connectivity index (χ3n) is 7.50. The van der Waals surface area contributed by atoms with Crippen molar-refractivity contribution in [3.63, 3.8) is 0 Å². The van der Waals surface area contributed by atoms with Crippen LogP contribution in [0.5, 0.6) is 0 Å². The summed E-state index contributed by atoms with van der Waals surface area (Å²) in [5, 5.41) is 0. The Labute approximate surface area is 146 Å². The number of esters is 1. The summed E-state index contributed by atoms with van der Waals surface area (Å²) in [6.07, 6.45) is 8.37. The molecule has 24 heavy (non-hydrogen) atoms. The van der Waals surface area contributed by atoms with Crippen LogP contribution < -0.4 is 0 Å². The Morgan fingerprint density at radius 2 is 2.08 bits per heavy atom. The van der Waals surface area contributed by atoms with E-state index in [0.717, 1.165) is 38.5 Å². The van der Waals surface area contributed by atoms with Crippen molar-refractivity contribution in [2.45, 2.75) is 71.0 Å². The summed E-state index contributed by atoms with van der Waals surface area (Å²) >= 11 is 0. The van der Waals surface area contributed by atoms with Gasteiger partial charge in [0.1, 0.15) is 5.60 Å². The number of fused-ring (bicyclic) bond motifs is 1. The quantitative estimate of drug-likeness (QED) is 0.426. The summed E-state index contributed by atoms with van der Waals surface area (Å²) in [7, 11) is 1.52. The van der Waals surface area contributed by atoms with Crippen molar-refractivity contribution in [3.8, 4) is 0 Å². The van der Waals surface area contributed by atoms with Gasteiger partial charge in [-0.3, -0.25) is 4.79 Å². The summed E-state index contributed by atoms with van der Waals surface area (Å²) in [5.41, 5.74) is 0.895. The van der Waals surface area contributed by atoms with Crippen LogP contribution in [0.1, 0.15) is 59.3 Å². The smallest absolute Gasteiger partial charge is 0.311 e. The summed E-state index contributed by atoms with van der Waals surface area (Å²) in [5.74, 6) is 0.728. The second kappa shape index (κ2) is 5.72. The molecule has 0 N–H and O–H groups in total. The van der Waals surface area contributed by atoms with Gasteiger partial charge in [0.2, 0.25) is 0 Å². The van der Waals surface area contributed by atoms with Crippen LogP contribution in [0.25, 0.3) is 0 Å². The van der Waals surface area contributed by atoms with E-state index in [2.05, 4.69) is 33.9 Å². The molecule has 1 heterocycles. The minimum Gasteiger partial charge on any atom is -0.469 e. The number of hydrogen-bond donors (Lipinski definition) is 0. The van der Waals surface area contributed by atoms with Crippen molar-refractivity contribution in [1.82, 2.24) is 0 Å². The summed E-state index contributed by atoms with van der Waals surface area (Å²) in [6.45, 7) is 14.9. The first-order valence-corrected chi connectivity index (χ1v) is 9.29. The zero-order valence-corrected chi connectivity index (χ0v) is 15.7. The molecule has 134 valence electrons. The van der Waals surface area contributed by atoms with Crippen molar-refractivity contribution in [2.24, 2.45) is 22.7 Å². The Kier molecular flexibility index (Phi) is 4.23. The highest BCUT2D eigenvalue weighted by molar-refractivity contribution is 5.77. The molecule has 3 nitrogen and oxygen atoms in total. The number of allylic oxidation sites excluding steroid dienone is 1. The van der Waals surface area contributed by atoms with Crippen molar-refractivity contribution in [1.29, 1.82) is 0 Å². The molecule has 3 rings (SSSR count). The molecule has 0 aromatic rings. The molecule has 0 radical (unpaired) electrons. The molecule has 0 spiro atoms. The number of epoxide rings is 1. The standard InChI is InChI=1S/C21H32O3/c1-7-21(5)17(24-21)13-15-14(2)9-10-16-19(15,3)11-8-12-20(16,4)18(22)23-6/h7,15-17H,1-2,8-13H2,3-6H3/t15-,16+,17+,19+,20-,21+/m0/s1. The number of carbonyl (C=O) groups excluding carboxylic acids is 1. The zero-order chi connectivity index (χ0) is 17.8. The van der Waals surface area contributed by atoms with Crippen molar-refractivity contribution in [2.75, 3.05) is 7.11 Å². The fourth-order valence-corrected chi connectivity index (χ4v) is 5.81. The van der Waals surface area contributed by atoms with Gasteiger partial charge in [0, 0.05) is 0 Å². The van der Waals surface area contributed by atoms with Crippen LogP contribution in [0.2, 0.25) is 0 Å². The van der Waals surface area contributed by atoms with E-state index in [1.54, 1.807) is 0 Å². The van der Waals surface area contributed by atoms with Crippen LogP contribution in [-0.4, -0.2) is 24.8 Å². The largest absolute Gasteiger partial charge is 0.469 e. The molecule has 0 aromatic heterocycles. The van der Waals surface area contributed by atoms with E-state index in [-0.39, 0.29) is 28.5 Å². The second-order valence-electron chi connectivity index (χ2n) is 8.80. The monoisotopic (exact) mass is 332 g/mol. The fraction of sp³-hybridized carbons (Fsp3) is 0.762. The lowest BCUT2D eigenvalue weighted by atomic mass is 9.46. The maximum atomic E-state index is 12.6. The molecule has 2 aliphatic carbocycles. The van der Waals surface area contributed by atoms with E-state index >= 15 is 0 Å². The van der Waals surface area contributed by atoms with E-state index in [4.69, 9.17) is 9.47 Å². The first-order valence-electron chi connectivity index (χ1n) is 9.29. The molecule has 3 heteroatoms. The normalized spacial score (nSPS) is 47.7. The Hall–Kier alpha value is -1.09. The summed E-state index contributed by atoms with van der Waals surface area (Å²) < 4.78 is 11.1. The molecule has 1 aliphatic heterocycles.